The quantitative estimate of drug-likeness (QED) is 0.805. The summed E-state index contributed by atoms with van der Waals surface area (Å²) in [7, 11) is -3.12. The van der Waals surface area contributed by atoms with Crippen molar-refractivity contribution in [2.24, 2.45) is 0 Å². The fraction of sp³-hybridized carbons (Fsp3) is 1.00. The molecule has 0 radical (unpaired) electrons. The van der Waals surface area contributed by atoms with E-state index < -0.39 is 10.0 Å². The lowest BCUT2D eigenvalue weighted by molar-refractivity contribution is -0.0348. The predicted molar refractivity (Wildman–Crippen MR) is 80.3 cm³/mol. The third kappa shape index (κ3) is 4.16. The minimum Gasteiger partial charge on any atom is -0.379 e. The van der Waals surface area contributed by atoms with Crippen molar-refractivity contribution in [1.29, 1.82) is 0 Å². The topological polar surface area (TPSA) is 58.6 Å². The van der Waals surface area contributed by atoms with E-state index in [9.17, 15) is 8.42 Å². The molecule has 6 heteroatoms. The maximum absolute atomic E-state index is 11.9. The fourth-order valence-corrected chi connectivity index (χ4v) is 4.61. The SMILES string of the molecule is CCCS(=O)(=O)NCC1(N2CCOCC2)CCCCC1. The monoisotopic (exact) mass is 304 g/mol. The lowest BCUT2D eigenvalue weighted by Crippen LogP contribution is -2.59. The van der Waals surface area contributed by atoms with Gasteiger partial charge in [0.25, 0.3) is 0 Å². The average Bonchev–Trinajstić information content (AvgIpc) is 2.47. The Labute approximate surface area is 123 Å². The van der Waals surface area contributed by atoms with E-state index in [1.54, 1.807) is 0 Å². The number of sulfonamides is 1. The number of morpholine rings is 1. The largest absolute Gasteiger partial charge is 0.379 e. The van der Waals surface area contributed by atoms with Crippen LogP contribution in [0.3, 0.4) is 0 Å². The smallest absolute Gasteiger partial charge is 0.211 e. The molecule has 2 aliphatic rings. The number of rotatable bonds is 6. The van der Waals surface area contributed by atoms with Crippen LogP contribution in [0.15, 0.2) is 0 Å². The second-order valence-electron chi connectivity index (χ2n) is 6.02. The van der Waals surface area contributed by atoms with Crippen LogP contribution in [-0.4, -0.2) is 57.5 Å². The van der Waals surface area contributed by atoms with Crippen molar-refractivity contribution in [2.45, 2.75) is 51.0 Å². The van der Waals surface area contributed by atoms with Crippen molar-refractivity contribution < 1.29 is 13.2 Å². The number of nitrogens with zero attached hydrogens (tertiary/aromatic N) is 1. The van der Waals surface area contributed by atoms with Crippen LogP contribution in [0.5, 0.6) is 0 Å². The summed E-state index contributed by atoms with van der Waals surface area (Å²) >= 11 is 0. The van der Waals surface area contributed by atoms with Crippen LogP contribution in [-0.2, 0) is 14.8 Å². The molecule has 1 aliphatic carbocycles. The summed E-state index contributed by atoms with van der Waals surface area (Å²) in [5, 5.41) is 0. The molecule has 0 unspecified atom stereocenters. The minimum atomic E-state index is -3.12. The van der Waals surface area contributed by atoms with Crippen molar-refractivity contribution in [1.82, 2.24) is 9.62 Å². The average molecular weight is 304 g/mol. The molecule has 20 heavy (non-hydrogen) atoms. The van der Waals surface area contributed by atoms with Gasteiger partial charge in [-0.1, -0.05) is 26.2 Å². The zero-order valence-corrected chi connectivity index (χ0v) is 13.4. The van der Waals surface area contributed by atoms with Gasteiger partial charge in [-0.15, -0.1) is 0 Å². The summed E-state index contributed by atoms with van der Waals surface area (Å²) in [5.74, 6) is 0.228. The molecule has 0 bridgehead atoms. The van der Waals surface area contributed by atoms with Gasteiger partial charge in [0.1, 0.15) is 0 Å². The zero-order valence-electron chi connectivity index (χ0n) is 12.6. The number of hydrogen-bond acceptors (Lipinski definition) is 4. The van der Waals surface area contributed by atoms with Crippen LogP contribution >= 0.6 is 0 Å². The van der Waals surface area contributed by atoms with Crippen LogP contribution in [0.2, 0.25) is 0 Å². The Bertz CT molecular complexity index is 385. The lowest BCUT2D eigenvalue weighted by Gasteiger charge is -2.48. The van der Waals surface area contributed by atoms with E-state index in [2.05, 4.69) is 9.62 Å². The molecule has 1 N–H and O–H groups in total. The van der Waals surface area contributed by atoms with Crippen molar-refractivity contribution in [3.8, 4) is 0 Å². The molecule has 2 rings (SSSR count). The first-order valence-corrected chi connectivity index (χ1v) is 9.53. The summed E-state index contributed by atoms with van der Waals surface area (Å²) in [4.78, 5) is 2.46. The van der Waals surface area contributed by atoms with E-state index in [0.717, 1.165) is 39.1 Å². The van der Waals surface area contributed by atoms with Gasteiger partial charge in [0, 0.05) is 25.2 Å². The zero-order chi connectivity index (χ0) is 14.5. The predicted octanol–water partition coefficient (Wildman–Crippen LogP) is 1.35. The molecule has 1 saturated heterocycles. The number of ether oxygens (including phenoxy) is 1. The molecule has 0 atom stereocenters. The highest BCUT2D eigenvalue weighted by molar-refractivity contribution is 7.89. The van der Waals surface area contributed by atoms with Crippen molar-refractivity contribution >= 4 is 10.0 Å². The van der Waals surface area contributed by atoms with E-state index in [-0.39, 0.29) is 11.3 Å². The first-order valence-electron chi connectivity index (χ1n) is 7.88. The maximum atomic E-state index is 11.9. The van der Waals surface area contributed by atoms with Crippen molar-refractivity contribution in [2.75, 3.05) is 38.6 Å². The highest BCUT2D eigenvalue weighted by Gasteiger charge is 2.39. The third-order valence-corrected chi connectivity index (χ3v) is 6.09. The van der Waals surface area contributed by atoms with Gasteiger partial charge in [-0.25, -0.2) is 13.1 Å². The number of nitrogens with one attached hydrogen (secondary N) is 1. The lowest BCUT2D eigenvalue weighted by atomic mass is 9.80. The fourth-order valence-electron chi connectivity index (χ4n) is 3.44. The summed E-state index contributed by atoms with van der Waals surface area (Å²) in [6, 6.07) is 0. The first-order chi connectivity index (χ1) is 9.58. The summed E-state index contributed by atoms with van der Waals surface area (Å²) in [6.07, 6.45) is 6.54. The van der Waals surface area contributed by atoms with Gasteiger partial charge in [-0.3, -0.25) is 4.90 Å². The second kappa shape index (κ2) is 7.20. The second-order valence-corrected chi connectivity index (χ2v) is 7.95. The standard InChI is InChI=1S/C14H28N2O3S/c1-2-12-20(17,18)15-13-14(6-4-3-5-7-14)16-8-10-19-11-9-16/h15H,2-13H2,1H3. The molecular weight excluding hydrogens is 276 g/mol. The van der Waals surface area contributed by atoms with Crippen molar-refractivity contribution in [3.05, 3.63) is 0 Å². The van der Waals surface area contributed by atoms with E-state index in [1.807, 2.05) is 6.92 Å². The summed E-state index contributed by atoms with van der Waals surface area (Å²) in [5.41, 5.74) is 0.0167. The molecule has 0 amide bonds. The maximum Gasteiger partial charge on any atom is 0.211 e. The normalized spacial score (nSPS) is 24.6. The van der Waals surface area contributed by atoms with Crippen LogP contribution in [0.4, 0.5) is 0 Å². The third-order valence-electron chi connectivity index (χ3n) is 4.56. The molecule has 0 spiro atoms. The molecular formula is C14H28N2O3S. The molecule has 118 valence electrons. The van der Waals surface area contributed by atoms with Crippen LogP contribution in [0.1, 0.15) is 45.4 Å². The Kier molecular flexibility index (Phi) is 5.84. The Morgan fingerprint density at radius 2 is 1.80 bits per heavy atom. The van der Waals surface area contributed by atoms with Crippen LogP contribution < -0.4 is 4.72 Å². The summed E-state index contributed by atoms with van der Waals surface area (Å²) in [6.45, 7) is 5.85. The van der Waals surface area contributed by atoms with E-state index in [4.69, 9.17) is 4.74 Å². The Morgan fingerprint density at radius 3 is 2.40 bits per heavy atom. The summed E-state index contributed by atoms with van der Waals surface area (Å²) < 4.78 is 32.2. The van der Waals surface area contributed by atoms with Gasteiger partial charge in [0.2, 0.25) is 10.0 Å². The van der Waals surface area contributed by atoms with Crippen LogP contribution in [0.25, 0.3) is 0 Å². The molecule has 0 aromatic heterocycles. The number of hydrogen-bond donors (Lipinski definition) is 1. The highest BCUT2D eigenvalue weighted by atomic mass is 32.2. The van der Waals surface area contributed by atoms with Gasteiger partial charge in [-0.2, -0.15) is 0 Å². The molecule has 0 aromatic carbocycles. The van der Waals surface area contributed by atoms with Gasteiger partial charge in [-0.05, 0) is 19.3 Å². The molecule has 1 saturated carbocycles. The Hall–Kier alpha value is -0.170. The van der Waals surface area contributed by atoms with E-state index in [1.165, 1.54) is 19.3 Å². The van der Waals surface area contributed by atoms with Crippen LogP contribution in [0, 0.1) is 0 Å². The van der Waals surface area contributed by atoms with E-state index >= 15 is 0 Å². The highest BCUT2D eigenvalue weighted by Crippen LogP contribution is 2.34. The van der Waals surface area contributed by atoms with Gasteiger partial charge in [0.15, 0.2) is 0 Å². The van der Waals surface area contributed by atoms with E-state index in [0.29, 0.717) is 13.0 Å². The van der Waals surface area contributed by atoms with Gasteiger partial charge in [0.05, 0.1) is 19.0 Å². The van der Waals surface area contributed by atoms with Gasteiger partial charge >= 0.3 is 0 Å². The molecule has 1 aliphatic heterocycles. The Balaban J connectivity index is 2.02. The van der Waals surface area contributed by atoms with Gasteiger partial charge < -0.3 is 4.74 Å². The van der Waals surface area contributed by atoms with Crippen molar-refractivity contribution in [3.63, 3.8) is 0 Å². The molecule has 1 heterocycles. The molecule has 0 aromatic rings. The Morgan fingerprint density at radius 1 is 1.15 bits per heavy atom. The minimum absolute atomic E-state index is 0.0167. The first kappa shape index (κ1) is 16.2. The molecule has 5 nitrogen and oxygen atoms in total. The molecule has 2 fully saturated rings.